The minimum atomic E-state index is -1.66. The van der Waals surface area contributed by atoms with Gasteiger partial charge in [-0.3, -0.25) is 9.59 Å². The molecule has 1 aliphatic rings. The molecule has 1 atom stereocenters. The molecule has 31 heavy (non-hydrogen) atoms. The molecule has 2 amide bonds. The van der Waals surface area contributed by atoms with Crippen LogP contribution >= 0.6 is 11.3 Å². The summed E-state index contributed by atoms with van der Waals surface area (Å²) in [4.78, 5) is 26.6. The molecule has 1 aliphatic carbocycles. The predicted molar refractivity (Wildman–Crippen MR) is 110 cm³/mol. The molecule has 10 heteroatoms. The van der Waals surface area contributed by atoms with Gasteiger partial charge in [0.1, 0.15) is 11.1 Å². The average Bonchev–Trinajstić information content (AvgIpc) is 3.29. The third-order valence-corrected chi connectivity index (χ3v) is 6.23. The molecular weight excluding hydrogens is 429 g/mol. The molecule has 0 fully saturated rings. The first-order chi connectivity index (χ1) is 14.8. The van der Waals surface area contributed by atoms with Crippen molar-refractivity contribution in [2.75, 3.05) is 30.3 Å². The monoisotopic (exact) mass is 451 g/mol. The van der Waals surface area contributed by atoms with Crippen molar-refractivity contribution in [3.05, 3.63) is 45.6 Å². The molecule has 6 nitrogen and oxygen atoms in total. The fourth-order valence-corrected chi connectivity index (χ4v) is 4.90. The van der Waals surface area contributed by atoms with Gasteiger partial charge < -0.3 is 15.5 Å². The van der Waals surface area contributed by atoms with E-state index in [9.17, 15) is 28.0 Å². The summed E-state index contributed by atoms with van der Waals surface area (Å²) < 4.78 is 40.2. The van der Waals surface area contributed by atoms with Crippen molar-refractivity contribution in [1.29, 1.82) is 5.26 Å². The van der Waals surface area contributed by atoms with Crippen LogP contribution in [0.5, 0.6) is 0 Å². The number of benzene rings is 1. The van der Waals surface area contributed by atoms with Crippen LogP contribution in [0, 0.1) is 28.8 Å². The second-order valence-corrected chi connectivity index (χ2v) is 8.45. The fourth-order valence-electron chi connectivity index (χ4n) is 3.65. The Hall–Kier alpha value is -2.90. The van der Waals surface area contributed by atoms with Crippen LogP contribution in [0.2, 0.25) is 0 Å². The van der Waals surface area contributed by atoms with E-state index < -0.39 is 29.0 Å². The molecular formula is C21H22F3N4O2S+. The lowest BCUT2D eigenvalue weighted by Crippen LogP contribution is -3.14. The van der Waals surface area contributed by atoms with E-state index in [1.54, 1.807) is 0 Å². The number of aryl methyl sites for hydroxylation is 1. The lowest BCUT2D eigenvalue weighted by Gasteiger charge is -2.18. The standard InChI is InChI=1S/C21H21F3N4O2S/c1-2-8-28(10-17(29)26-15-7-6-14(22)19(23)20(15)24)11-18(30)27-21-13(9-25)12-4-3-5-16(12)31-21/h6-7H,2-5,8,10-11H2,1H3,(H,26,29)(H,27,30)/p+1. The maximum absolute atomic E-state index is 13.8. The first-order valence-corrected chi connectivity index (χ1v) is 10.8. The van der Waals surface area contributed by atoms with Gasteiger partial charge in [-0.2, -0.15) is 5.26 Å². The van der Waals surface area contributed by atoms with Gasteiger partial charge >= 0.3 is 0 Å². The highest BCUT2D eigenvalue weighted by atomic mass is 32.1. The van der Waals surface area contributed by atoms with Crippen LogP contribution < -0.4 is 15.5 Å². The number of anilines is 2. The lowest BCUT2D eigenvalue weighted by atomic mass is 10.1. The SMILES string of the molecule is CCC[NH+](CC(=O)Nc1ccc(F)c(F)c1F)CC(=O)Nc1sc2c(c1C#N)CCC2. The maximum Gasteiger partial charge on any atom is 0.280 e. The minimum Gasteiger partial charge on any atom is -0.319 e. The molecule has 164 valence electrons. The van der Waals surface area contributed by atoms with Crippen LogP contribution in [-0.2, 0) is 22.4 Å². The topological polar surface area (TPSA) is 86.4 Å². The van der Waals surface area contributed by atoms with E-state index in [-0.39, 0.29) is 19.0 Å². The third-order valence-electron chi connectivity index (χ3n) is 5.02. The molecule has 2 aromatic rings. The molecule has 1 heterocycles. The Labute approximate surface area is 181 Å². The molecule has 0 spiro atoms. The van der Waals surface area contributed by atoms with Gasteiger partial charge in [-0.05, 0) is 43.4 Å². The first kappa shape index (κ1) is 22.8. The summed E-state index contributed by atoms with van der Waals surface area (Å²) in [5.41, 5.74) is 1.05. The molecule has 0 radical (unpaired) electrons. The summed E-state index contributed by atoms with van der Waals surface area (Å²) in [6, 6.07) is 3.83. The summed E-state index contributed by atoms with van der Waals surface area (Å²) in [5.74, 6) is -5.45. The Bertz CT molecular complexity index is 1050. The second kappa shape index (κ2) is 9.94. The number of hydrogen-bond donors (Lipinski definition) is 3. The van der Waals surface area contributed by atoms with Crippen molar-refractivity contribution in [3.63, 3.8) is 0 Å². The largest absolute Gasteiger partial charge is 0.319 e. The molecule has 1 aromatic heterocycles. The van der Waals surface area contributed by atoms with Gasteiger partial charge in [0.15, 0.2) is 30.5 Å². The van der Waals surface area contributed by atoms with Gasteiger partial charge in [0.2, 0.25) is 0 Å². The van der Waals surface area contributed by atoms with Crippen molar-refractivity contribution in [2.45, 2.75) is 32.6 Å². The zero-order valence-corrected chi connectivity index (χ0v) is 17.7. The average molecular weight is 451 g/mol. The van der Waals surface area contributed by atoms with E-state index in [0.717, 1.165) is 41.8 Å². The van der Waals surface area contributed by atoms with Crippen LogP contribution in [0.1, 0.15) is 35.8 Å². The molecule has 3 rings (SSSR count). The second-order valence-electron chi connectivity index (χ2n) is 7.35. The molecule has 0 bridgehead atoms. The third kappa shape index (κ3) is 5.24. The molecule has 0 saturated carbocycles. The number of hydrogen-bond acceptors (Lipinski definition) is 4. The highest BCUT2D eigenvalue weighted by Crippen LogP contribution is 2.38. The molecule has 0 aliphatic heterocycles. The molecule has 0 saturated heterocycles. The Kier molecular flexibility index (Phi) is 7.30. The number of quaternary nitrogens is 1. The van der Waals surface area contributed by atoms with E-state index in [0.29, 0.717) is 28.4 Å². The van der Waals surface area contributed by atoms with E-state index in [2.05, 4.69) is 16.7 Å². The number of carbonyl (C=O) groups excluding carboxylic acids is 2. The normalized spacial score (nSPS) is 13.4. The number of halogens is 3. The van der Waals surface area contributed by atoms with Crippen LogP contribution in [-0.4, -0.2) is 31.4 Å². The summed E-state index contributed by atoms with van der Waals surface area (Å²) in [7, 11) is 0. The number of carbonyl (C=O) groups is 2. The molecule has 1 unspecified atom stereocenters. The van der Waals surface area contributed by atoms with E-state index in [1.807, 2.05) is 6.92 Å². The van der Waals surface area contributed by atoms with Crippen molar-refractivity contribution < 1.29 is 27.7 Å². The number of nitrogens with zero attached hydrogens (tertiary/aromatic N) is 1. The number of amides is 2. The van der Waals surface area contributed by atoms with Crippen LogP contribution in [0.25, 0.3) is 0 Å². The smallest absolute Gasteiger partial charge is 0.280 e. The van der Waals surface area contributed by atoms with Gasteiger partial charge in [0.05, 0.1) is 17.8 Å². The van der Waals surface area contributed by atoms with Gasteiger partial charge in [-0.15, -0.1) is 11.3 Å². The number of rotatable bonds is 8. The highest BCUT2D eigenvalue weighted by Gasteiger charge is 2.25. The van der Waals surface area contributed by atoms with E-state index in [4.69, 9.17) is 0 Å². The van der Waals surface area contributed by atoms with Crippen molar-refractivity contribution in [2.24, 2.45) is 0 Å². The summed E-state index contributed by atoms with van der Waals surface area (Å²) in [6.07, 6.45) is 3.43. The Morgan fingerprint density at radius 3 is 2.52 bits per heavy atom. The summed E-state index contributed by atoms with van der Waals surface area (Å²) >= 11 is 1.41. The fraction of sp³-hybridized carbons (Fsp3) is 0.381. The zero-order valence-electron chi connectivity index (χ0n) is 16.9. The van der Waals surface area contributed by atoms with Gasteiger partial charge in [-0.25, -0.2) is 13.2 Å². The zero-order chi connectivity index (χ0) is 22.5. The molecule has 1 aromatic carbocycles. The van der Waals surface area contributed by atoms with Crippen LogP contribution in [0.15, 0.2) is 12.1 Å². The first-order valence-electron chi connectivity index (χ1n) is 9.95. The lowest BCUT2D eigenvalue weighted by molar-refractivity contribution is -0.883. The Morgan fingerprint density at radius 1 is 1.13 bits per heavy atom. The molecule has 3 N–H and O–H groups in total. The Balaban J connectivity index is 1.62. The van der Waals surface area contributed by atoms with Crippen molar-refractivity contribution in [1.82, 2.24) is 0 Å². The van der Waals surface area contributed by atoms with Gasteiger partial charge in [0.25, 0.3) is 11.8 Å². The quantitative estimate of drug-likeness (QED) is 0.539. The van der Waals surface area contributed by atoms with Crippen molar-refractivity contribution >= 4 is 33.8 Å². The number of fused-ring (bicyclic) bond motifs is 1. The van der Waals surface area contributed by atoms with Crippen molar-refractivity contribution in [3.8, 4) is 6.07 Å². The number of thiophene rings is 1. The van der Waals surface area contributed by atoms with Gasteiger partial charge in [0, 0.05) is 4.88 Å². The summed E-state index contributed by atoms with van der Waals surface area (Å²) in [6.45, 7) is 2.19. The van der Waals surface area contributed by atoms with Gasteiger partial charge in [-0.1, -0.05) is 6.92 Å². The van der Waals surface area contributed by atoms with E-state index in [1.165, 1.54) is 11.3 Å². The predicted octanol–water partition coefficient (Wildman–Crippen LogP) is 2.40. The number of nitriles is 1. The summed E-state index contributed by atoms with van der Waals surface area (Å²) in [5, 5.41) is 15.0. The van der Waals surface area contributed by atoms with Crippen LogP contribution in [0.3, 0.4) is 0 Å². The number of nitrogens with one attached hydrogen (secondary N) is 3. The highest BCUT2D eigenvalue weighted by molar-refractivity contribution is 7.16. The maximum atomic E-state index is 13.8. The van der Waals surface area contributed by atoms with E-state index >= 15 is 0 Å². The minimum absolute atomic E-state index is 0.0328. The van der Waals surface area contributed by atoms with Crippen LogP contribution in [0.4, 0.5) is 23.9 Å². The Morgan fingerprint density at radius 2 is 1.84 bits per heavy atom.